The molecule has 0 saturated carbocycles. The molecular formula is C12H11ClF3N3. The maximum atomic E-state index is 12.8. The zero-order valence-electron chi connectivity index (χ0n) is 9.95. The fourth-order valence-corrected chi connectivity index (χ4v) is 1.96. The maximum absolute atomic E-state index is 12.8. The van der Waals surface area contributed by atoms with Crippen LogP contribution in [0.4, 0.5) is 13.2 Å². The highest BCUT2D eigenvalue weighted by atomic mass is 35.5. The highest BCUT2D eigenvalue weighted by Crippen LogP contribution is 2.36. The molecular weight excluding hydrogens is 279 g/mol. The van der Waals surface area contributed by atoms with Crippen LogP contribution in [0.2, 0.25) is 5.02 Å². The van der Waals surface area contributed by atoms with Crippen LogP contribution in [0.3, 0.4) is 0 Å². The third kappa shape index (κ3) is 2.74. The van der Waals surface area contributed by atoms with E-state index < -0.39 is 11.7 Å². The molecule has 19 heavy (non-hydrogen) atoms. The first-order valence-electron chi connectivity index (χ1n) is 5.45. The van der Waals surface area contributed by atoms with E-state index in [-0.39, 0.29) is 11.1 Å². The van der Waals surface area contributed by atoms with Gasteiger partial charge in [0, 0.05) is 11.7 Å². The molecule has 0 saturated heterocycles. The highest BCUT2D eigenvalue weighted by molar-refractivity contribution is 6.31. The Labute approximate surface area is 112 Å². The van der Waals surface area contributed by atoms with Crippen molar-refractivity contribution in [3.8, 4) is 5.69 Å². The molecule has 1 heterocycles. The van der Waals surface area contributed by atoms with Crippen LogP contribution in [-0.2, 0) is 6.18 Å². The summed E-state index contributed by atoms with van der Waals surface area (Å²) in [6.45, 7) is 1.73. The van der Waals surface area contributed by atoms with Gasteiger partial charge in [-0.25, -0.2) is 4.98 Å². The molecule has 7 heteroatoms. The normalized spacial score (nSPS) is 13.6. The Kier molecular flexibility index (Phi) is 3.56. The van der Waals surface area contributed by atoms with Crippen LogP contribution in [0.15, 0.2) is 30.7 Å². The summed E-state index contributed by atoms with van der Waals surface area (Å²) >= 11 is 5.58. The third-order valence-electron chi connectivity index (χ3n) is 2.67. The van der Waals surface area contributed by atoms with Crippen LogP contribution in [0.1, 0.15) is 24.2 Å². The molecule has 3 nitrogen and oxygen atoms in total. The average molecular weight is 290 g/mol. The summed E-state index contributed by atoms with van der Waals surface area (Å²) in [5.74, 6) is 0. The first kappa shape index (κ1) is 13.9. The molecule has 102 valence electrons. The molecule has 1 aromatic carbocycles. The fraction of sp³-hybridized carbons (Fsp3) is 0.250. The van der Waals surface area contributed by atoms with E-state index in [9.17, 15) is 13.2 Å². The minimum Gasteiger partial charge on any atom is -0.323 e. The zero-order chi connectivity index (χ0) is 14.2. The lowest BCUT2D eigenvalue weighted by atomic mass is 10.1. The second-order valence-corrected chi connectivity index (χ2v) is 4.55. The van der Waals surface area contributed by atoms with Crippen molar-refractivity contribution in [2.45, 2.75) is 19.1 Å². The van der Waals surface area contributed by atoms with Gasteiger partial charge in [0.05, 0.1) is 28.8 Å². The number of hydrogen-bond acceptors (Lipinski definition) is 2. The van der Waals surface area contributed by atoms with Crippen LogP contribution in [0, 0.1) is 0 Å². The van der Waals surface area contributed by atoms with Gasteiger partial charge in [-0.2, -0.15) is 13.2 Å². The molecule has 0 radical (unpaired) electrons. The highest BCUT2D eigenvalue weighted by Gasteiger charge is 2.33. The number of alkyl halides is 3. The molecule has 0 aliphatic rings. The second-order valence-electron chi connectivity index (χ2n) is 4.14. The lowest BCUT2D eigenvalue weighted by Crippen LogP contribution is -2.12. The number of nitrogens with two attached hydrogens (primary N) is 1. The van der Waals surface area contributed by atoms with E-state index in [1.54, 1.807) is 6.92 Å². The Morgan fingerprint density at radius 3 is 2.63 bits per heavy atom. The van der Waals surface area contributed by atoms with Crippen molar-refractivity contribution in [1.29, 1.82) is 0 Å². The van der Waals surface area contributed by atoms with Crippen molar-refractivity contribution in [2.75, 3.05) is 0 Å². The Morgan fingerprint density at radius 1 is 1.37 bits per heavy atom. The first-order chi connectivity index (χ1) is 8.80. The predicted octanol–water partition coefficient (Wildman–Crippen LogP) is 3.56. The van der Waals surface area contributed by atoms with Crippen LogP contribution in [-0.4, -0.2) is 9.55 Å². The summed E-state index contributed by atoms with van der Waals surface area (Å²) in [6, 6.07) is 3.35. The average Bonchev–Trinajstić information content (AvgIpc) is 2.77. The van der Waals surface area contributed by atoms with Crippen molar-refractivity contribution in [3.05, 3.63) is 47.0 Å². The third-order valence-corrected chi connectivity index (χ3v) is 3.00. The van der Waals surface area contributed by atoms with Crippen molar-refractivity contribution in [1.82, 2.24) is 9.55 Å². The van der Waals surface area contributed by atoms with Gasteiger partial charge in [0.2, 0.25) is 0 Å². The molecule has 0 amide bonds. The van der Waals surface area contributed by atoms with E-state index in [0.717, 1.165) is 6.07 Å². The molecule has 2 rings (SSSR count). The number of imidazole rings is 1. The molecule has 2 aromatic rings. The van der Waals surface area contributed by atoms with Crippen molar-refractivity contribution >= 4 is 11.6 Å². The van der Waals surface area contributed by atoms with Gasteiger partial charge in [0.15, 0.2) is 0 Å². The zero-order valence-corrected chi connectivity index (χ0v) is 10.7. The van der Waals surface area contributed by atoms with Gasteiger partial charge in [-0.05, 0) is 25.1 Å². The SMILES string of the molecule is CC(N)c1cncn1-c1ccc(Cl)c(C(F)(F)F)c1. The summed E-state index contributed by atoms with van der Waals surface area (Å²) in [5.41, 5.74) is 5.80. The van der Waals surface area contributed by atoms with E-state index >= 15 is 0 Å². The molecule has 1 atom stereocenters. The molecule has 0 aliphatic heterocycles. The predicted molar refractivity (Wildman–Crippen MR) is 66.2 cm³/mol. The van der Waals surface area contributed by atoms with E-state index in [0.29, 0.717) is 11.4 Å². The minimum atomic E-state index is -4.50. The fourth-order valence-electron chi connectivity index (χ4n) is 1.74. The number of nitrogens with zero attached hydrogens (tertiary/aromatic N) is 2. The standard InChI is InChI=1S/C12H11ClF3N3/c1-7(17)11-5-18-6-19(11)8-2-3-10(13)9(4-8)12(14,15)16/h2-7H,17H2,1H3. The van der Waals surface area contributed by atoms with Crippen molar-refractivity contribution in [3.63, 3.8) is 0 Å². The monoisotopic (exact) mass is 289 g/mol. The second kappa shape index (κ2) is 4.86. The topological polar surface area (TPSA) is 43.8 Å². The van der Waals surface area contributed by atoms with Crippen LogP contribution >= 0.6 is 11.6 Å². The smallest absolute Gasteiger partial charge is 0.323 e. The van der Waals surface area contributed by atoms with Crippen LogP contribution < -0.4 is 5.73 Å². The molecule has 2 N–H and O–H groups in total. The Balaban J connectivity index is 2.55. The summed E-state index contributed by atoms with van der Waals surface area (Å²) in [5, 5.41) is -0.335. The molecule has 0 bridgehead atoms. The summed E-state index contributed by atoms with van der Waals surface area (Å²) in [4.78, 5) is 3.90. The first-order valence-corrected chi connectivity index (χ1v) is 5.83. The molecule has 1 unspecified atom stereocenters. The maximum Gasteiger partial charge on any atom is 0.417 e. The number of halogens is 4. The van der Waals surface area contributed by atoms with Crippen LogP contribution in [0.25, 0.3) is 5.69 Å². The molecule has 0 aliphatic carbocycles. The van der Waals surface area contributed by atoms with Crippen LogP contribution in [0.5, 0.6) is 0 Å². The minimum absolute atomic E-state index is 0.321. The molecule has 0 spiro atoms. The molecule has 1 aromatic heterocycles. The number of rotatable bonds is 2. The quantitative estimate of drug-likeness (QED) is 0.918. The van der Waals surface area contributed by atoms with E-state index in [1.807, 2.05) is 0 Å². The number of aromatic nitrogens is 2. The van der Waals surface area contributed by atoms with Gasteiger partial charge in [-0.15, -0.1) is 0 Å². The number of benzene rings is 1. The van der Waals surface area contributed by atoms with Gasteiger partial charge in [0.1, 0.15) is 0 Å². The summed E-state index contributed by atoms with van der Waals surface area (Å²) in [6.07, 6.45) is -1.56. The lowest BCUT2D eigenvalue weighted by molar-refractivity contribution is -0.137. The lowest BCUT2D eigenvalue weighted by Gasteiger charge is -2.14. The Hall–Kier alpha value is -1.53. The van der Waals surface area contributed by atoms with E-state index in [4.69, 9.17) is 17.3 Å². The van der Waals surface area contributed by atoms with Gasteiger partial charge in [0.25, 0.3) is 0 Å². The van der Waals surface area contributed by atoms with Gasteiger partial charge in [-0.3, -0.25) is 0 Å². The van der Waals surface area contributed by atoms with E-state index in [2.05, 4.69) is 4.98 Å². The van der Waals surface area contributed by atoms with E-state index in [1.165, 1.54) is 29.2 Å². The summed E-state index contributed by atoms with van der Waals surface area (Å²) in [7, 11) is 0. The van der Waals surface area contributed by atoms with Gasteiger partial charge in [-0.1, -0.05) is 11.6 Å². The van der Waals surface area contributed by atoms with Crippen molar-refractivity contribution < 1.29 is 13.2 Å². The Morgan fingerprint density at radius 2 is 2.05 bits per heavy atom. The van der Waals surface area contributed by atoms with Gasteiger partial charge < -0.3 is 10.3 Å². The van der Waals surface area contributed by atoms with Crippen molar-refractivity contribution in [2.24, 2.45) is 5.73 Å². The summed E-state index contributed by atoms with van der Waals surface area (Å²) < 4.78 is 39.9. The Bertz CT molecular complexity index is 590. The molecule has 0 fully saturated rings. The largest absolute Gasteiger partial charge is 0.417 e. The number of hydrogen-bond donors (Lipinski definition) is 1. The van der Waals surface area contributed by atoms with Gasteiger partial charge >= 0.3 is 6.18 Å².